The summed E-state index contributed by atoms with van der Waals surface area (Å²) in [5, 5.41) is 2.49. The Balaban J connectivity index is 0.000000161. The molecule has 2 aromatic heterocycles. The van der Waals surface area contributed by atoms with Crippen molar-refractivity contribution in [2.45, 2.75) is 6.92 Å². The fourth-order valence-electron chi connectivity index (χ4n) is 2.73. The molecule has 0 aliphatic rings. The van der Waals surface area contributed by atoms with Crippen molar-refractivity contribution in [3.05, 3.63) is 56.7 Å². The van der Waals surface area contributed by atoms with Gasteiger partial charge in [0.25, 0.3) is 0 Å². The van der Waals surface area contributed by atoms with Gasteiger partial charge in [0.05, 0.1) is 29.0 Å². The lowest BCUT2D eigenvalue weighted by Gasteiger charge is -1.98. The van der Waals surface area contributed by atoms with E-state index in [-0.39, 0.29) is 0 Å². The molecule has 0 aliphatic heterocycles. The summed E-state index contributed by atoms with van der Waals surface area (Å²) in [5.74, 6) is 1.57. The Bertz CT molecular complexity index is 1070. The van der Waals surface area contributed by atoms with Crippen LogP contribution in [0.3, 0.4) is 0 Å². The average molecular weight is 433 g/mol. The van der Waals surface area contributed by atoms with Crippen LogP contribution in [0.1, 0.15) is 24.9 Å². The summed E-state index contributed by atoms with van der Waals surface area (Å²) in [6, 6.07) is 11.4. The van der Waals surface area contributed by atoms with Crippen LogP contribution in [0.4, 0.5) is 0 Å². The molecule has 28 heavy (non-hydrogen) atoms. The van der Waals surface area contributed by atoms with Gasteiger partial charge in [0.15, 0.2) is 12.6 Å². The lowest BCUT2D eigenvalue weighted by atomic mass is 10.1. The Hall–Kier alpha value is -2.41. The van der Waals surface area contributed by atoms with Crippen LogP contribution in [0.15, 0.2) is 36.4 Å². The highest BCUT2D eigenvalue weighted by atomic mass is 35.5. The van der Waals surface area contributed by atoms with Gasteiger partial charge in [0, 0.05) is 14.8 Å². The van der Waals surface area contributed by atoms with E-state index in [1.54, 1.807) is 14.2 Å². The number of aryl methyl sites for hydroxylation is 1. The number of methoxy groups -OCH3 is 2. The van der Waals surface area contributed by atoms with E-state index in [1.807, 2.05) is 43.3 Å². The van der Waals surface area contributed by atoms with Gasteiger partial charge < -0.3 is 9.47 Å². The molecule has 144 valence electrons. The summed E-state index contributed by atoms with van der Waals surface area (Å²) < 4.78 is 12.3. The summed E-state index contributed by atoms with van der Waals surface area (Å²) in [4.78, 5) is 22.7. The number of thiophene rings is 2. The molecule has 0 unspecified atom stereocenters. The van der Waals surface area contributed by atoms with Crippen LogP contribution in [0.25, 0.3) is 20.2 Å². The Morgan fingerprint density at radius 3 is 1.86 bits per heavy atom. The van der Waals surface area contributed by atoms with Gasteiger partial charge in [-0.3, -0.25) is 9.59 Å². The third kappa shape index (κ3) is 3.90. The van der Waals surface area contributed by atoms with Crippen molar-refractivity contribution >= 4 is 67.0 Å². The predicted molar refractivity (Wildman–Crippen MR) is 117 cm³/mol. The molecule has 0 saturated carbocycles. The van der Waals surface area contributed by atoms with Gasteiger partial charge in [-0.2, -0.15) is 0 Å². The molecule has 2 heterocycles. The first-order valence-electron chi connectivity index (χ1n) is 8.26. The second kappa shape index (κ2) is 8.73. The van der Waals surface area contributed by atoms with Crippen LogP contribution >= 0.6 is 34.3 Å². The van der Waals surface area contributed by atoms with Crippen molar-refractivity contribution in [1.82, 2.24) is 0 Å². The topological polar surface area (TPSA) is 52.6 Å². The number of rotatable bonds is 4. The van der Waals surface area contributed by atoms with Crippen LogP contribution in [0.5, 0.6) is 11.5 Å². The van der Waals surface area contributed by atoms with E-state index in [0.29, 0.717) is 9.90 Å². The second-order valence-electron chi connectivity index (χ2n) is 5.83. The van der Waals surface area contributed by atoms with Crippen molar-refractivity contribution in [2.24, 2.45) is 0 Å². The largest absolute Gasteiger partial charge is 0.497 e. The standard InChI is InChI=1S/C11H10O2S.C10H7ClO2S/c1-7-9-5-8(13-2)3-4-10(9)14-11(7)6-12;1-13-6-2-3-8-7(4-6)10(11)9(5-12)14-8/h3-6H,1-2H3;2-5H,1H3. The Labute approximate surface area is 175 Å². The van der Waals surface area contributed by atoms with Crippen molar-refractivity contribution in [3.63, 3.8) is 0 Å². The van der Waals surface area contributed by atoms with E-state index in [9.17, 15) is 9.59 Å². The predicted octanol–water partition coefficient (Wildman–Crippen LogP) is 6.41. The highest BCUT2D eigenvalue weighted by Gasteiger charge is 2.10. The summed E-state index contributed by atoms with van der Waals surface area (Å²) in [5.41, 5.74) is 1.04. The van der Waals surface area contributed by atoms with E-state index in [0.717, 1.165) is 54.7 Å². The third-order valence-electron chi connectivity index (χ3n) is 4.25. The van der Waals surface area contributed by atoms with E-state index < -0.39 is 0 Å². The first-order chi connectivity index (χ1) is 13.5. The number of carbonyl (C=O) groups is 2. The van der Waals surface area contributed by atoms with Gasteiger partial charge in [0.1, 0.15) is 11.5 Å². The fourth-order valence-corrected chi connectivity index (χ4v) is 5.00. The lowest BCUT2D eigenvalue weighted by Crippen LogP contribution is -1.81. The van der Waals surface area contributed by atoms with E-state index in [4.69, 9.17) is 21.1 Å². The third-order valence-corrected chi connectivity index (χ3v) is 7.07. The molecule has 0 radical (unpaired) electrons. The first kappa shape index (κ1) is 20.3. The monoisotopic (exact) mass is 432 g/mol. The Morgan fingerprint density at radius 2 is 1.32 bits per heavy atom. The maximum Gasteiger partial charge on any atom is 0.161 e. The molecule has 7 heteroatoms. The highest BCUT2D eigenvalue weighted by molar-refractivity contribution is 7.21. The first-order valence-corrected chi connectivity index (χ1v) is 10.3. The quantitative estimate of drug-likeness (QED) is 0.350. The smallest absolute Gasteiger partial charge is 0.161 e. The Kier molecular flexibility index (Phi) is 6.34. The molecule has 4 aromatic rings. The number of benzene rings is 2. The van der Waals surface area contributed by atoms with Crippen LogP contribution in [0.2, 0.25) is 5.02 Å². The number of ether oxygens (including phenoxy) is 2. The van der Waals surface area contributed by atoms with Gasteiger partial charge in [-0.1, -0.05) is 11.6 Å². The summed E-state index contributed by atoms with van der Waals surface area (Å²) in [6.07, 6.45) is 1.69. The number of fused-ring (bicyclic) bond motifs is 2. The molecule has 0 atom stereocenters. The minimum Gasteiger partial charge on any atom is -0.497 e. The maximum absolute atomic E-state index is 10.7. The van der Waals surface area contributed by atoms with Gasteiger partial charge in [0.2, 0.25) is 0 Å². The molecule has 0 amide bonds. The van der Waals surface area contributed by atoms with E-state index in [1.165, 1.54) is 22.7 Å². The molecule has 0 saturated heterocycles. The minimum atomic E-state index is 0.513. The summed E-state index contributed by atoms with van der Waals surface area (Å²) >= 11 is 8.92. The summed E-state index contributed by atoms with van der Waals surface area (Å²) in [7, 11) is 3.24. The van der Waals surface area contributed by atoms with Crippen LogP contribution < -0.4 is 9.47 Å². The number of carbonyl (C=O) groups excluding carboxylic acids is 2. The number of aldehydes is 2. The fraction of sp³-hybridized carbons (Fsp3) is 0.143. The van der Waals surface area contributed by atoms with Crippen LogP contribution in [-0.4, -0.2) is 26.8 Å². The van der Waals surface area contributed by atoms with Crippen molar-refractivity contribution in [3.8, 4) is 11.5 Å². The van der Waals surface area contributed by atoms with Crippen molar-refractivity contribution < 1.29 is 19.1 Å². The average Bonchev–Trinajstić information content (AvgIpc) is 3.24. The Morgan fingerprint density at radius 1 is 0.821 bits per heavy atom. The molecule has 4 rings (SSSR count). The van der Waals surface area contributed by atoms with Crippen LogP contribution in [-0.2, 0) is 0 Å². The molecule has 0 N–H and O–H groups in total. The van der Waals surface area contributed by atoms with Crippen LogP contribution in [0, 0.1) is 6.92 Å². The highest BCUT2D eigenvalue weighted by Crippen LogP contribution is 2.36. The molecular formula is C21H17ClO4S2. The molecule has 0 spiro atoms. The maximum atomic E-state index is 10.7. The second-order valence-corrected chi connectivity index (χ2v) is 8.38. The number of halogens is 1. The van der Waals surface area contributed by atoms with Gasteiger partial charge in [-0.05, 0) is 54.3 Å². The van der Waals surface area contributed by atoms with E-state index in [2.05, 4.69) is 0 Å². The summed E-state index contributed by atoms with van der Waals surface area (Å²) in [6.45, 7) is 1.96. The molecule has 0 bridgehead atoms. The zero-order valence-electron chi connectivity index (χ0n) is 15.4. The molecule has 4 nitrogen and oxygen atoms in total. The van der Waals surface area contributed by atoms with Gasteiger partial charge in [-0.15, -0.1) is 22.7 Å². The van der Waals surface area contributed by atoms with Crippen molar-refractivity contribution in [2.75, 3.05) is 14.2 Å². The zero-order valence-corrected chi connectivity index (χ0v) is 17.8. The van der Waals surface area contributed by atoms with Crippen molar-refractivity contribution in [1.29, 1.82) is 0 Å². The number of hydrogen-bond donors (Lipinski definition) is 0. The molecule has 0 aliphatic carbocycles. The van der Waals surface area contributed by atoms with Gasteiger partial charge in [-0.25, -0.2) is 0 Å². The van der Waals surface area contributed by atoms with E-state index >= 15 is 0 Å². The zero-order chi connectivity index (χ0) is 20.3. The molecule has 0 fully saturated rings. The molecular weight excluding hydrogens is 416 g/mol. The molecule has 2 aromatic carbocycles. The number of hydrogen-bond acceptors (Lipinski definition) is 6. The minimum absolute atomic E-state index is 0.513. The normalized spacial score (nSPS) is 10.4. The lowest BCUT2D eigenvalue weighted by molar-refractivity contribution is 0.111. The van der Waals surface area contributed by atoms with Gasteiger partial charge >= 0.3 is 0 Å². The SMILES string of the molecule is COc1ccc2sc(C=O)c(C)c2c1.COc1ccc2sc(C=O)c(Cl)c2c1.